The van der Waals surface area contributed by atoms with Crippen LogP contribution in [0, 0.1) is 5.92 Å². The number of anilines is 1. The number of hydrogen-bond donors (Lipinski definition) is 1. The van der Waals surface area contributed by atoms with Gasteiger partial charge in [-0.1, -0.05) is 6.92 Å². The molecule has 3 heterocycles. The summed E-state index contributed by atoms with van der Waals surface area (Å²) in [5.41, 5.74) is 0.428. The molecular formula is C16H24N4O2. The summed E-state index contributed by atoms with van der Waals surface area (Å²) in [4.78, 5) is 22.9. The third kappa shape index (κ3) is 3.74. The molecule has 1 aromatic heterocycles. The van der Waals surface area contributed by atoms with Crippen LogP contribution < -0.4 is 5.32 Å². The monoisotopic (exact) mass is 304 g/mol. The lowest BCUT2D eigenvalue weighted by Crippen LogP contribution is -2.39. The molecule has 2 aliphatic rings. The second kappa shape index (κ2) is 7.05. The average molecular weight is 304 g/mol. The first-order valence-electron chi connectivity index (χ1n) is 8.19. The summed E-state index contributed by atoms with van der Waals surface area (Å²) >= 11 is 0. The third-order valence-electron chi connectivity index (χ3n) is 4.35. The Kier molecular flexibility index (Phi) is 4.87. The number of rotatable bonds is 4. The Balaban J connectivity index is 1.54. The van der Waals surface area contributed by atoms with Gasteiger partial charge in [-0.3, -0.25) is 4.79 Å². The molecule has 0 aliphatic carbocycles. The van der Waals surface area contributed by atoms with E-state index < -0.39 is 0 Å². The fourth-order valence-electron chi connectivity index (χ4n) is 3.09. The predicted octanol–water partition coefficient (Wildman–Crippen LogP) is 1.94. The number of aromatic nitrogens is 2. The summed E-state index contributed by atoms with van der Waals surface area (Å²) in [5, 5.41) is 3.22. The van der Waals surface area contributed by atoms with Gasteiger partial charge in [-0.2, -0.15) is 0 Å². The van der Waals surface area contributed by atoms with E-state index in [1.165, 1.54) is 6.42 Å². The molecule has 2 fully saturated rings. The lowest BCUT2D eigenvalue weighted by molar-refractivity contribution is 0.0676. The maximum absolute atomic E-state index is 12.4. The van der Waals surface area contributed by atoms with Crippen LogP contribution in [0.4, 0.5) is 5.82 Å². The minimum Gasteiger partial charge on any atom is -0.376 e. The summed E-state index contributed by atoms with van der Waals surface area (Å²) in [6.45, 7) is 5.41. The molecule has 2 unspecified atom stereocenters. The maximum Gasteiger partial charge on any atom is 0.274 e. The standard InChI is InChI=1S/C16H24N4O2/c1-12-4-2-6-20(11-12)16(21)14-9-19-15(10-17-14)18-8-13-5-3-7-22-13/h9-10,12-13H,2-8,11H2,1H3,(H,18,19). The molecule has 0 spiro atoms. The Labute approximate surface area is 131 Å². The molecule has 22 heavy (non-hydrogen) atoms. The molecule has 3 rings (SSSR count). The zero-order chi connectivity index (χ0) is 15.4. The van der Waals surface area contributed by atoms with E-state index in [4.69, 9.17) is 4.74 Å². The fourth-order valence-corrected chi connectivity index (χ4v) is 3.09. The topological polar surface area (TPSA) is 67.4 Å². The highest BCUT2D eigenvalue weighted by Crippen LogP contribution is 2.17. The largest absolute Gasteiger partial charge is 0.376 e. The van der Waals surface area contributed by atoms with Crippen LogP contribution in [0.5, 0.6) is 0 Å². The van der Waals surface area contributed by atoms with E-state index in [-0.39, 0.29) is 12.0 Å². The fraction of sp³-hybridized carbons (Fsp3) is 0.688. The number of hydrogen-bond acceptors (Lipinski definition) is 5. The van der Waals surface area contributed by atoms with Gasteiger partial charge in [-0.25, -0.2) is 9.97 Å². The van der Waals surface area contributed by atoms with Gasteiger partial charge in [-0.05, 0) is 31.6 Å². The molecule has 0 aromatic carbocycles. The van der Waals surface area contributed by atoms with Crippen LogP contribution in [-0.4, -0.2) is 53.1 Å². The molecule has 2 atom stereocenters. The van der Waals surface area contributed by atoms with Gasteiger partial charge < -0.3 is 15.0 Å². The van der Waals surface area contributed by atoms with Crippen molar-refractivity contribution < 1.29 is 9.53 Å². The number of amides is 1. The second-order valence-electron chi connectivity index (χ2n) is 6.30. The summed E-state index contributed by atoms with van der Waals surface area (Å²) in [6, 6.07) is 0. The van der Waals surface area contributed by atoms with Gasteiger partial charge in [0, 0.05) is 26.2 Å². The summed E-state index contributed by atoms with van der Waals surface area (Å²) in [5.74, 6) is 1.25. The number of likely N-dealkylation sites (tertiary alicyclic amines) is 1. The van der Waals surface area contributed by atoms with Gasteiger partial charge in [0.1, 0.15) is 11.5 Å². The van der Waals surface area contributed by atoms with E-state index in [0.717, 1.165) is 45.5 Å². The van der Waals surface area contributed by atoms with Crippen LogP contribution in [-0.2, 0) is 4.74 Å². The van der Waals surface area contributed by atoms with E-state index in [1.54, 1.807) is 12.4 Å². The number of ether oxygens (including phenoxy) is 1. The molecule has 1 amide bonds. The summed E-state index contributed by atoms with van der Waals surface area (Å²) in [6.07, 6.45) is 7.94. The molecule has 2 saturated heterocycles. The lowest BCUT2D eigenvalue weighted by Gasteiger charge is -2.30. The maximum atomic E-state index is 12.4. The number of nitrogens with one attached hydrogen (secondary N) is 1. The summed E-state index contributed by atoms with van der Waals surface area (Å²) in [7, 11) is 0. The van der Waals surface area contributed by atoms with Crippen molar-refractivity contribution in [2.45, 2.75) is 38.7 Å². The number of carbonyl (C=O) groups excluding carboxylic acids is 1. The Bertz CT molecular complexity index is 499. The van der Waals surface area contributed by atoms with Crippen molar-refractivity contribution in [3.63, 3.8) is 0 Å². The van der Waals surface area contributed by atoms with Gasteiger partial charge in [0.2, 0.25) is 0 Å². The minimum atomic E-state index is -0.00951. The Morgan fingerprint density at radius 3 is 2.95 bits per heavy atom. The molecule has 2 aliphatic heterocycles. The Hall–Kier alpha value is -1.69. The van der Waals surface area contributed by atoms with E-state index in [1.807, 2.05) is 4.90 Å². The number of nitrogens with zero attached hydrogens (tertiary/aromatic N) is 3. The van der Waals surface area contributed by atoms with Gasteiger partial charge in [0.15, 0.2) is 0 Å². The highest BCUT2D eigenvalue weighted by atomic mass is 16.5. The van der Waals surface area contributed by atoms with Crippen molar-refractivity contribution in [2.75, 3.05) is 31.6 Å². The third-order valence-corrected chi connectivity index (χ3v) is 4.35. The van der Waals surface area contributed by atoms with E-state index >= 15 is 0 Å². The Morgan fingerprint density at radius 1 is 1.36 bits per heavy atom. The quantitative estimate of drug-likeness (QED) is 0.921. The van der Waals surface area contributed by atoms with Crippen molar-refractivity contribution >= 4 is 11.7 Å². The van der Waals surface area contributed by atoms with Crippen LogP contribution in [0.2, 0.25) is 0 Å². The van der Waals surface area contributed by atoms with Gasteiger partial charge in [0.25, 0.3) is 5.91 Å². The molecule has 6 nitrogen and oxygen atoms in total. The van der Waals surface area contributed by atoms with Crippen molar-refractivity contribution in [1.82, 2.24) is 14.9 Å². The highest BCUT2D eigenvalue weighted by Gasteiger charge is 2.23. The normalized spacial score (nSPS) is 25.2. The van der Waals surface area contributed by atoms with Crippen LogP contribution in [0.3, 0.4) is 0 Å². The average Bonchev–Trinajstić information content (AvgIpc) is 3.06. The SMILES string of the molecule is CC1CCCN(C(=O)c2cnc(NCC3CCCO3)cn2)C1. The van der Waals surface area contributed by atoms with E-state index in [9.17, 15) is 4.79 Å². The van der Waals surface area contributed by atoms with Gasteiger partial charge >= 0.3 is 0 Å². The molecule has 6 heteroatoms. The first kappa shape index (κ1) is 15.2. The smallest absolute Gasteiger partial charge is 0.274 e. The van der Waals surface area contributed by atoms with Crippen LogP contribution in [0.1, 0.15) is 43.1 Å². The van der Waals surface area contributed by atoms with Crippen LogP contribution in [0.15, 0.2) is 12.4 Å². The van der Waals surface area contributed by atoms with Gasteiger partial charge in [-0.15, -0.1) is 0 Å². The Morgan fingerprint density at radius 2 is 2.27 bits per heavy atom. The summed E-state index contributed by atoms with van der Waals surface area (Å²) < 4.78 is 5.55. The second-order valence-corrected chi connectivity index (χ2v) is 6.30. The van der Waals surface area contributed by atoms with Crippen molar-refractivity contribution in [3.05, 3.63) is 18.1 Å². The van der Waals surface area contributed by atoms with Crippen LogP contribution in [0.25, 0.3) is 0 Å². The van der Waals surface area contributed by atoms with E-state index in [2.05, 4.69) is 22.2 Å². The van der Waals surface area contributed by atoms with Crippen molar-refractivity contribution in [2.24, 2.45) is 5.92 Å². The highest BCUT2D eigenvalue weighted by molar-refractivity contribution is 5.92. The minimum absolute atomic E-state index is 0.00951. The van der Waals surface area contributed by atoms with Crippen LogP contribution >= 0.6 is 0 Å². The molecule has 0 saturated carbocycles. The molecule has 0 bridgehead atoms. The van der Waals surface area contributed by atoms with Crippen molar-refractivity contribution in [1.29, 1.82) is 0 Å². The number of piperidine rings is 1. The first-order chi connectivity index (χ1) is 10.7. The lowest BCUT2D eigenvalue weighted by atomic mass is 10.0. The van der Waals surface area contributed by atoms with Gasteiger partial charge in [0.05, 0.1) is 18.5 Å². The first-order valence-corrected chi connectivity index (χ1v) is 8.19. The molecule has 0 radical (unpaired) electrons. The molecule has 1 N–H and O–H groups in total. The molecule has 1 aromatic rings. The zero-order valence-corrected chi connectivity index (χ0v) is 13.1. The number of carbonyl (C=O) groups is 1. The molecule has 120 valence electrons. The zero-order valence-electron chi connectivity index (χ0n) is 13.1. The molecular weight excluding hydrogens is 280 g/mol. The van der Waals surface area contributed by atoms with Crippen molar-refractivity contribution in [3.8, 4) is 0 Å². The predicted molar refractivity (Wildman–Crippen MR) is 83.8 cm³/mol. The van der Waals surface area contributed by atoms with E-state index in [0.29, 0.717) is 17.4 Å².